The average Bonchev–Trinajstić information content (AvgIpc) is 1.48. The summed E-state index contributed by atoms with van der Waals surface area (Å²) in [5.41, 5.74) is 7.29. The SMILES string of the molecule is CCCOCCOCCOCCOCCC(=O)C[C@@H](CCC(=O)OC)C(=O)N[C@H](C(=O)C[C@@H](CCCNC(N)=O)C(=O)Nc1ccc(COC(=O)NCC(=O)CCOCC(=O)N[C@H]2CCc3c(C)c(F)cc4nc5c(c2c34)Cn2c-5cc3c(c2=O)COC(=O)[C@]3(O)CC)cc1)C(C)C. The minimum absolute atomic E-state index is 0.0137. The molecule has 2 aromatic heterocycles. The second-order valence-electron chi connectivity index (χ2n) is 24.7. The molecule has 4 aromatic rings. The maximum atomic E-state index is 15.4. The highest BCUT2D eigenvalue weighted by Gasteiger charge is 2.46. The summed E-state index contributed by atoms with van der Waals surface area (Å²) in [5.74, 6) is -7.22. The lowest BCUT2D eigenvalue weighted by Gasteiger charge is -2.31. The number of methoxy groups -OCH3 is 1. The van der Waals surface area contributed by atoms with E-state index in [-0.39, 0.29) is 127 Å². The van der Waals surface area contributed by atoms with E-state index >= 15 is 4.39 Å². The first-order valence-electron chi connectivity index (χ1n) is 33.2. The lowest BCUT2D eigenvalue weighted by molar-refractivity contribution is -0.172. The summed E-state index contributed by atoms with van der Waals surface area (Å²) in [5, 5.41) is 25.5. The Labute approximate surface area is 566 Å². The zero-order chi connectivity index (χ0) is 71.1. The molecule has 0 unspecified atom stereocenters. The zero-order valence-electron chi connectivity index (χ0n) is 56.5. The normalized spacial score (nSPS) is 16.0. The number of nitrogens with one attached hydrogen (secondary N) is 5. The van der Waals surface area contributed by atoms with Crippen LogP contribution in [0, 0.1) is 30.5 Å². The molecule has 29 heteroatoms. The quantitative estimate of drug-likeness (QED) is 0.0153. The molecule has 28 nitrogen and oxygen atoms in total. The fraction of sp³-hybridized carbons (Fsp3) is 0.565. The molecule has 0 saturated carbocycles. The molecular formula is C69H91FN8O20. The van der Waals surface area contributed by atoms with E-state index in [0.717, 1.165) is 12.0 Å². The Kier molecular flexibility index (Phi) is 29.3. The molecule has 534 valence electrons. The van der Waals surface area contributed by atoms with E-state index in [1.165, 1.54) is 17.7 Å². The predicted molar refractivity (Wildman–Crippen MR) is 351 cm³/mol. The van der Waals surface area contributed by atoms with Gasteiger partial charge < -0.3 is 79.9 Å². The molecule has 98 heavy (non-hydrogen) atoms. The largest absolute Gasteiger partial charge is 0.469 e. The fourth-order valence-electron chi connectivity index (χ4n) is 12.0. The smallest absolute Gasteiger partial charge is 0.407 e. The summed E-state index contributed by atoms with van der Waals surface area (Å²) >= 11 is 0. The number of aromatic nitrogens is 2. The number of ether oxygens (including phenoxy) is 8. The number of ketones is 3. The van der Waals surface area contributed by atoms with Crippen molar-refractivity contribution in [1.82, 2.24) is 30.8 Å². The van der Waals surface area contributed by atoms with Crippen LogP contribution >= 0.6 is 0 Å². The first-order chi connectivity index (χ1) is 47.0. The van der Waals surface area contributed by atoms with Crippen LogP contribution in [-0.4, -0.2) is 166 Å². The Hall–Kier alpha value is -8.61. The molecule has 8 N–H and O–H groups in total. The molecule has 2 aliphatic heterocycles. The number of aryl methyl sites for hydroxylation is 1. The van der Waals surface area contributed by atoms with Crippen molar-refractivity contribution in [2.75, 3.05) is 91.6 Å². The van der Waals surface area contributed by atoms with Gasteiger partial charge in [0.15, 0.2) is 17.2 Å². The average molecular weight is 1370 g/mol. The van der Waals surface area contributed by atoms with E-state index in [0.29, 0.717) is 96.1 Å². The molecule has 0 spiro atoms. The summed E-state index contributed by atoms with van der Waals surface area (Å²) in [6.07, 6.45) is 0.202. The number of halogens is 1. The summed E-state index contributed by atoms with van der Waals surface area (Å²) in [6, 6.07) is 6.67. The lowest BCUT2D eigenvalue weighted by Crippen LogP contribution is -2.48. The highest BCUT2D eigenvalue weighted by molar-refractivity contribution is 5.98. The number of nitrogens with two attached hydrogens (primary N) is 1. The van der Waals surface area contributed by atoms with Crippen molar-refractivity contribution in [3.63, 3.8) is 0 Å². The third kappa shape index (κ3) is 21.0. The Morgan fingerprint density at radius 3 is 2.13 bits per heavy atom. The van der Waals surface area contributed by atoms with Crippen molar-refractivity contribution in [3.05, 3.63) is 91.5 Å². The highest BCUT2D eigenvalue weighted by atomic mass is 19.1. The summed E-state index contributed by atoms with van der Waals surface area (Å²) in [7, 11) is 1.21. The van der Waals surface area contributed by atoms with Crippen LogP contribution in [0.25, 0.3) is 22.3 Å². The number of hydrogen-bond acceptors (Lipinski definition) is 21. The van der Waals surface area contributed by atoms with Crippen LogP contribution in [0.2, 0.25) is 0 Å². The molecule has 5 atom stereocenters. The van der Waals surface area contributed by atoms with Gasteiger partial charge in [0.2, 0.25) is 17.7 Å². The van der Waals surface area contributed by atoms with Crippen LogP contribution in [-0.2, 0) is 108 Å². The maximum absolute atomic E-state index is 15.4. The predicted octanol–water partition coefficient (Wildman–Crippen LogP) is 5.03. The van der Waals surface area contributed by atoms with Crippen LogP contribution in [0.15, 0.2) is 41.2 Å². The number of rotatable bonds is 42. The standard InChI is InChI=1S/C69H91FN8O20/c1-7-22-92-25-27-94-29-30-95-28-26-93-23-19-46(79)31-44(13-18-58(83)91-6)64(85)77-61(40(3)4)56(81)32-43(10-9-21-72-67(71)88)63(84)74-45-14-11-42(12-15-45)37-98-68(89)73-35-47(80)20-24-96-39-57(82)75-53-17-16-48-41(5)52(70)34-54-59(48)60(53)49-36-78-55(62(49)76-54)33-51-50(65(78)86)38-97-66(87)69(51,90)8-2/h11-12,14-15,33-34,40,43-44,53,61,90H,7-10,13,16-32,35-39H2,1-6H3,(H,73,89)(H,74,84)(H,75,82)(H,77,85)(H3,71,72,88)/t43-,44-,53+,61+,69+/m1/s1. The summed E-state index contributed by atoms with van der Waals surface area (Å²) < 4.78 is 59.7. The molecule has 1 aliphatic carbocycles. The second kappa shape index (κ2) is 37.4. The van der Waals surface area contributed by atoms with E-state index in [2.05, 4.69) is 26.6 Å². The Balaban J connectivity index is 0.849. The molecule has 7 rings (SSSR count). The van der Waals surface area contributed by atoms with Crippen molar-refractivity contribution < 1.29 is 95.3 Å². The molecular weight excluding hydrogens is 1280 g/mol. The number of primary amides is 1. The topological polar surface area (TPSA) is 386 Å². The van der Waals surface area contributed by atoms with Gasteiger partial charge >= 0.3 is 24.1 Å². The zero-order valence-corrected chi connectivity index (χ0v) is 56.5. The van der Waals surface area contributed by atoms with Crippen LogP contribution in [0.3, 0.4) is 0 Å². The van der Waals surface area contributed by atoms with Gasteiger partial charge in [0.25, 0.3) is 5.56 Å². The van der Waals surface area contributed by atoms with Gasteiger partial charge in [0.05, 0.1) is 108 Å². The molecule has 0 bridgehead atoms. The lowest BCUT2D eigenvalue weighted by atomic mass is 9.81. The number of carbonyl (C=O) groups is 10. The minimum Gasteiger partial charge on any atom is -0.469 e. The molecule has 4 heterocycles. The maximum Gasteiger partial charge on any atom is 0.407 e. The number of anilines is 1. The molecule has 0 saturated heterocycles. The number of esters is 2. The summed E-state index contributed by atoms with van der Waals surface area (Å²) in [4.78, 5) is 149. The molecule has 6 amide bonds. The first-order valence-corrected chi connectivity index (χ1v) is 33.2. The van der Waals surface area contributed by atoms with Gasteiger partial charge in [-0.15, -0.1) is 0 Å². The number of Topliss-reactive ketones (excluding diaryl/α,β-unsaturated/α-hetero) is 3. The number of cyclic esters (lactones) is 1. The van der Waals surface area contributed by atoms with E-state index in [9.17, 15) is 57.8 Å². The van der Waals surface area contributed by atoms with Gasteiger partial charge in [0.1, 0.15) is 31.4 Å². The van der Waals surface area contributed by atoms with Crippen molar-refractivity contribution in [2.45, 2.75) is 149 Å². The van der Waals surface area contributed by atoms with Gasteiger partial charge in [-0.05, 0) is 98.2 Å². The number of amides is 6. The van der Waals surface area contributed by atoms with Gasteiger partial charge in [-0.25, -0.2) is 23.8 Å². The fourth-order valence-corrected chi connectivity index (χ4v) is 12.0. The van der Waals surface area contributed by atoms with E-state index in [1.807, 2.05) is 6.92 Å². The van der Waals surface area contributed by atoms with E-state index in [1.54, 1.807) is 58.0 Å². The van der Waals surface area contributed by atoms with Gasteiger partial charge in [-0.2, -0.15) is 0 Å². The van der Waals surface area contributed by atoms with Gasteiger partial charge in [-0.3, -0.25) is 38.4 Å². The second-order valence-corrected chi connectivity index (χ2v) is 24.7. The number of hydrogen-bond donors (Lipinski definition) is 7. The highest BCUT2D eigenvalue weighted by Crippen LogP contribution is 2.46. The van der Waals surface area contributed by atoms with Crippen molar-refractivity contribution in [2.24, 2.45) is 23.5 Å². The summed E-state index contributed by atoms with van der Waals surface area (Å²) in [6.45, 7) is 10.3. The van der Waals surface area contributed by atoms with Crippen LogP contribution < -0.4 is 37.9 Å². The van der Waals surface area contributed by atoms with Crippen LogP contribution in [0.1, 0.15) is 143 Å². The number of alkyl carbamates (subject to hydrolysis) is 1. The van der Waals surface area contributed by atoms with Crippen LogP contribution in [0.4, 0.5) is 19.7 Å². The third-order valence-corrected chi connectivity index (χ3v) is 17.4. The number of pyridine rings is 2. The first kappa shape index (κ1) is 76.8. The number of nitrogens with zero attached hydrogens (tertiary/aromatic N) is 2. The minimum atomic E-state index is -2.06. The third-order valence-electron chi connectivity index (χ3n) is 17.4. The van der Waals surface area contributed by atoms with Crippen LogP contribution in [0.5, 0.6) is 0 Å². The van der Waals surface area contributed by atoms with E-state index in [4.69, 9.17) is 48.6 Å². The van der Waals surface area contributed by atoms with Crippen molar-refractivity contribution >= 4 is 75.7 Å². The Bertz CT molecular complexity index is 3600. The van der Waals surface area contributed by atoms with Gasteiger partial charge in [-0.1, -0.05) is 39.8 Å². The molecule has 0 radical (unpaired) electrons. The number of benzene rings is 2. The molecule has 2 aromatic carbocycles. The number of carbonyl (C=O) groups excluding carboxylic acids is 10. The number of urea groups is 1. The van der Waals surface area contributed by atoms with E-state index < -0.39 is 113 Å². The monoisotopic (exact) mass is 1370 g/mol. The van der Waals surface area contributed by atoms with Crippen molar-refractivity contribution in [3.8, 4) is 11.4 Å². The Morgan fingerprint density at radius 2 is 1.47 bits per heavy atom. The number of aliphatic hydroxyl groups is 1. The van der Waals surface area contributed by atoms with Gasteiger partial charge in [0, 0.05) is 85.4 Å². The molecule has 0 fully saturated rings. The number of fused-ring (bicyclic) bond motifs is 5. The van der Waals surface area contributed by atoms with Crippen molar-refractivity contribution in [1.29, 1.82) is 0 Å². The molecule has 3 aliphatic rings. The Morgan fingerprint density at radius 1 is 0.806 bits per heavy atom.